The highest BCUT2D eigenvalue weighted by atomic mass is 14.7. The van der Waals surface area contributed by atoms with E-state index in [0.29, 0.717) is 11.8 Å². The van der Waals surface area contributed by atoms with Crippen LogP contribution in [0.2, 0.25) is 0 Å². The fourth-order valence-electron chi connectivity index (χ4n) is 4.22. The highest BCUT2D eigenvalue weighted by molar-refractivity contribution is 6.40. The van der Waals surface area contributed by atoms with Gasteiger partial charge in [-0.3, -0.25) is 4.98 Å². The molecule has 3 heteroatoms. The Morgan fingerprint density at radius 1 is 0.852 bits per heavy atom. The van der Waals surface area contributed by atoms with Crippen LogP contribution in [-0.2, 0) is 5.21 Å². The SMILES string of the molecule is [B]C([B])(c1cccc(-c2ccnc(-c3ccccc3)c2)c1)C1CCC(C)C1. The first-order valence-corrected chi connectivity index (χ1v) is 9.74. The van der Waals surface area contributed by atoms with Crippen molar-refractivity contribution in [3.05, 3.63) is 78.5 Å². The molecule has 2 aromatic carbocycles. The summed E-state index contributed by atoms with van der Waals surface area (Å²) in [7, 11) is 13.3. The van der Waals surface area contributed by atoms with Crippen LogP contribution in [0.25, 0.3) is 22.4 Å². The Morgan fingerprint density at radius 3 is 2.33 bits per heavy atom. The van der Waals surface area contributed by atoms with Crippen molar-refractivity contribution >= 4 is 15.7 Å². The normalized spacial score (nSPS) is 19.9. The van der Waals surface area contributed by atoms with E-state index in [9.17, 15) is 0 Å². The smallest absolute Gasteiger partial charge is 0.0708 e. The molecule has 1 aliphatic rings. The van der Waals surface area contributed by atoms with Crippen molar-refractivity contribution in [3.8, 4) is 22.4 Å². The van der Waals surface area contributed by atoms with Crippen LogP contribution in [0, 0.1) is 11.8 Å². The maximum atomic E-state index is 6.64. The summed E-state index contributed by atoms with van der Waals surface area (Å²) in [4.78, 5) is 4.53. The molecule has 3 aromatic rings. The molecule has 1 saturated carbocycles. The first kappa shape index (κ1) is 18.1. The Kier molecular flexibility index (Phi) is 4.95. The Hall–Kier alpha value is -2.28. The lowest BCUT2D eigenvalue weighted by Gasteiger charge is -2.34. The molecule has 0 aliphatic heterocycles. The molecular formula is C24H23B2N. The van der Waals surface area contributed by atoms with E-state index < -0.39 is 5.21 Å². The standard InChI is InChI=1S/C24H23B2N/c1-17-10-11-22(14-17)24(25,26)21-9-5-8-19(15-21)20-12-13-27-23(16-20)18-6-3-2-4-7-18/h2-9,12-13,15-17,22H,10-11,14H2,1H3. The predicted octanol–water partition coefficient (Wildman–Crippen LogP) is 5.34. The number of nitrogens with zero attached hydrogens (tertiary/aromatic N) is 1. The summed E-state index contributed by atoms with van der Waals surface area (Å²) in [5, 5.41) is -0.782. The van der Waals surface area contributed by atoms with Crippen LogP contribution in [0.5, 0.6) is 0 Å². The minimum Gasteiger partial charge on any atom is -0.256 e. The summed E-state index contributed by atoms with van der Waals surface area (Å²) in [6.07, 6.45) is 5.28. The topological polar surface area (TPSA) is 12.9 Å². The van der Waals surface area contributed by atoms with E-state index >= 15 is 0 Å². The molecule has 4 rings (SSSR count). The third kappa shape index (κ3) is 3.74. The van der Waals surface area contributed by atoms with Crippen LogP contribution in [0.4, 0.5) is 0 Å². The van der Waals surface area contributed by atoms with Crippen LogP contribution in [0.1, 0.15) is 31.7 Å². The molecule has 1 heterocycles. The molecule has 0 spiro atoms. The van der Waals surface area contributed by atoms with Crippen molar-refractivity contribution in [2.75, 3.05) is 0 Å². The summed E-state index contributed by atoms with van der Waals surface area (Å²) in [6, 6.07) is 22.8. The molecular weight excluding hydrogens is 324 g/mol. The first-order valence-electron chi connectivity index (χ1n) is 9.74. The molecule has 1 aromatic heterocycles. The Bertz CT molecular complexity index is 920. The van der Waals surface area contributed by atoms with Gasteiger partial charge in [-0.15, -0.1) is 0 Å². The second kappa shape index (κ2) is 7.38. The molecule has 0 amide bonds. The van der Waals surface area contributed by atoms with E-state index in [1.165, 1.54) is 6.42 Å². The number of hydrogen-bond acceptors (Lipinski definition) is 1. The minimum absolute atomic E-state index is 0.333. The van der Waals surface area contributed by atoms with Gasteiger partial charge in [-0.05, 0) is 41.5 Å². The van der Waals surface area contributed by atoms with Gasteiger partial charge < -0.3 is 0 Å². The summed E-state index contributed by atoms with van der Waals surface area (Å²) < 4.78 is 0. The summed E-state index contributed by atoms with van der Waals surface area (Å²) in [5.41, 5.74) is 5.34. The van der Waals surface area contributed by atoms with E-state index in [1.54, 1.807) is 0 Å². The Labute approximate surface area is 165 Å². The molecule has 130 valence electrons. The predicted molar refractivity (Wildman–Crippen MR) is 115 cm³/mol. The van der Waals surface area contributed by atoms with Crippen molar-refractivity contribution in [3.63, 3.8) is 0 Å². The molecule has 0 saturated heterocycles. The van der Waals surface area contributed by atoms with Gasteiger partial charge in [0.1, 0.15) is 0 Å². The maximum absolute atomic E-state index is 6.64. The summed E-state index contributed by atoms with van der Waals surface area (Å²) in [6.45, 7) is 2.29. The van der Waals surface area contributed by atoms with E-state index in [1.807, 2.05) is 30.5 Å². The van der Waals surface area contributed by atoms with Gasteiger partial charge in [-0.2, -0.15) is 0 Å². The maximum Gasteiger partial charge on any atom is 0.0708 e. The molecule has 27 heavy (non-hydrogen) atoms. The molecule has 0 N–H and O–H groups in total. The molecule has 2 unspecified atom stereocenters. The van der Waals surface area contributed by atoms with Crippen LogP contribution in [0.3, 0.4) is 0 Å². The Morgan fingerprint density at radius 2 is 1.59 bits per heavy atom. The molecule has 1 nitrogen and oxygen atoms in total. The zero-order valence-electron chi connectivity index (χ0n) is 15.8. The lowest BCUT2D eigenvalue weighted by atomic mass is 9.45. The van der Waals surface area contributed by atoms with Gasteiger partial charge in [0.2, 0.25) is 0 Å². The number of aromatic nitrogens is 1. The molecule has 0 bridgehead atoms. The van der Waals surface area contributed by atoms with Crippen molar-refractivity contribution in [2.45, 2.75) is 31.4 Å². The number of rotatable bonds is 4. The van der Waals surface area contributed by atoms with Crippen molar-refractivity contribution < 1.29 is 0 Å². The average Bonchev–Trinajstić information content (AvgIpc) is 3.16. The van der Waals surface area contributed by atoms with Gasteiger partial charge in [-0.25, -0.2) is 0 Å². The second-order valence-electron chi connectivity index (χ2n) is 7.92. The van der Waals surface area contributed by atoms with Crippen LogP contribution < -0.4 is 0 Å². The number of pyridine rings is 1. The summed E-state index contributed by atoms with van der Waals surface area (Å²) in [5.74, 6) is 1.04. The van der Waals surface area contributed by atoms with Gasteiger partial charge in [0, 0.05) is 11.8 Å². The van der Waals surface area contributed by atoms with Crippen LogP contribution in [0.15, 0.2) is 72.9 Å². The molecule has 1 fully saturated rings. The zero-order chi connectivity index (χ0) is 18.9. The highest BCUT2D eigenvalue weighted by Crippen LogP contribution is 2.41. The zero-order valence-corrected chi connectivity index (χ0v) is 15.8. The quantitative estimate of drug-likeness (QED) is 0.581. The fourth-order valence-corrected chi connectivity index (χ4v) is 4.22. The van der Waals surface area contributed by atoms with E-state index in [2.05, 4.69) is 54.4 Å². The van der Waals surface area contributed by atoms with E-state index in [4.69, 9.17) is 15.7 Å². The van der Waals surface area contributed by atoms with Crippen LogP contribution >= 0.6 is 0 Å². The second-order valence-corrected chi connectivity index (χ2v) is 7.92. The van der Waals surface area contributed by atoms with Gasteiger partial charge >= 0.3 is 0 Å². The third-order valence-electron chi connectivity index (χ3n) is 5.90. The van der Waals surface area contributed by atoms with E-state index in [-0.39, 0.29) is 0 Å². The van der Waals surface area contributed by atoms with Crippen LogP contribution in [-0.4, -0.2) is 20.7 Å². The van der Waals surface area contributed by atoms with Crippen molar-refractivity contribution in [2.24, 2.45) is 11.8 Å². The number of benzene rings is 2. The molecule has 4 radical (unpaired) electrons. The number of hydrogen-bond donors (Lipinski definition) is 0. The van der Waals surface area contributed by atoms with Crippen molar-refractivity contribution in [1.82, 2.24) is 4.98 Å². The first-order chi connectivity index (χ1) is 13.0. The monoisotopic (exact) mass is 347 g/mol. The fraction of sp³-hybridized carbons (Fsp3) is 0.292. The van der Waals surface area contributed by atoms with Gasteiger partial charge in [0.15, 0.2) is 0 Å². The third-order valence-corrected chi connectivity index (χ3v) is 5.90. The summed E-state index contributed by atoms with van der Waals surface area (Å²) >= 11 is 0. The van der Waals surface area contributed by atoms with E-state index in [0.717, 1.165) is 40.8 Å². The lowest BCUT2D eigenvalue weighted by Crippen LogP contribution is -2.35. The Balaban J connectivity index is 1.67. The largest absolute Gasteiger partial charge is 0.256 e. The van der Waals surface area contributed by atoms with Gasteiger partial charge in [-0.1, -0.05) is 85.1 Å². The average molecular weight is 347 g/mol. The van der Waals surface area contributed by atoms with Gasteiger partial charge in [0.05, 0.1) is 21.4 Å². The molecule has 2 atom stereocenters. The highest BCUT2D eigenvalue weighted by Gasteiger charge is 2.34. The lowest BCUT2D eigenvalue weighted by molar-refractivity contribution is 0.465. The van der Waals surface area contributed by atoms with Crippen molar-refractivity contribution in [1.29, 1.82) is 0 Å². The minimum atomic E-state index is -0.782. The van der Waals surface area contributed by atoms with Gasteiger partial charge in [0.25, 0.3) is 0 Å². The molecule has 1 aliphatic carbocycles.